The van der Waals surface area contributed by atoms with Gasteiger partial charge in [0.1, 0.15) is 0 Å². The van der Waals surface area contributed by atoms with Gasteiger partial charge in [-0.3, -0.25) is 9.78 Å². The van der Waals surface area contributed by atoms with Crippen LogP contribution >= 0.6 is 0 Å². The van der Waals surface area contributed by atoms with E-state index in [0.29, 0.717) is 13.0 Å². The summed E-state index contributed by atoms with van der Waals surface area (Å²) in [6.07, 6.45) is 3.01. The first-order chi connectivity index (χ1) is 9.07. The fourth-order valence-electron chi connectivity index (χ4n) is 1.93. The van der Waals surface area contributed by atoms with Crippen LogP contribution in [0.5, 0.6) is 0 Å². The van der Waals surface area contributed by atoms with E-state index in [2.05, 4.69) is 20.5 Å². The van der Waals surface area contributed by atoms with Crippen molar-refractivity contribution in [3.8, 4) is 0 Å². The third-order valence-corrected chi connectivity index (χ3v) is 3.14. The quantitative estimate of drug-likeness (QED) is 0.818. The highest BCUT2D eigenvalue weighted by Crippen LogP contribution is 2.32. The van der Waals surface area contributed by atoms with Crippen molar-refractivity contribution in [2.24, 2.45) is 10.2 Å². The van der Waals surface area contributed by atoms with Crippen molar-refractivity contribution in [2.45, 2.75) is 45.2 Å². The summed E-state index contributed by atoms with van der Waals surface area (Å²) < 4.78 is 0. The van der Waals surface area contributed by atoms with Crippen LogP contribution in [0.3, 0.4) is 0 Å². The molecule has 0 saturated carbocycles. The van der Waals surface area contributed by atoms with Gasteiger partial charge in [0.05, 0.1) is 0 Å². The summed E-state index contributed by atoms with van der Waals surface area (Å²) in [4.78, 5) is 16.0. The highest BCUT2D eigenvalue weighted by Gasteiger charge is 2.32. The second-order valence-corrected chi connectivity index (χ2v) is 5.14. The largest absolute Gasteiger partial charge is 0.356 e. The fourth-order valence-corrected chi connectivity index (χ4v) is 1.93. The van der Waals surface area contributed by atoms with Gasteiger partial charge in [-0.1, -0.05) is 6.07 Å². The molecule has 0 aromatic carbocycles. The van der Waals surface area contributed by atoms with Crippen LogP contribution in [-0.4, -0.2) is 23.1 Å². The molecule has 102 valence electrons. The Kier molecular flexibility index (Phi) is 4.24. The topological polar surface area (TPSA) is 66.7 Å². The second-order valence-electron chi connectivity index (χ2n) is 5.14. The highest BCUT2D eigenvalue weighted by atomic mass is 16.1. The molecule has 2 heterocycles. The normalized spacial score (nSPS) is 15.3. The zero-order valence-corrected chi connectivity index (χ0v) is 11.5. The molecule has 2 rings (SSSR count). The molecule has 1 aromatic rings. The van der Waals surface area contributed by atoms with E-state index in [4.69, 9.17) is 0 Å². The van der Waals surface area contributed by atoms with E-state index in [1.54, 1.807) is 0 Å². The summed E-state index contributed by atoms with van der Waals surface area (Å²) in [6, 6.07) is 5.94. The molecule has 1 aliphatic rings. The molecule has 5 heteroatoms. The van der Waals surface area contributed by atoms with Gasteiger partial charge in [-0.15, -0.1) is 0 Å². The molecule has 1 aliphatic heterocycles. The van der Waals surface area contributed by atoms with Crippen LogP contribution in [0.25, 0.3) is 0 Å². The number of hydrogen-bond acceptors (Lipinski definition) is 4. The van der Waals surface area contributed by atoms with Crippen molar-refractivity contribution < 1.29 is 4.79 Å². The number of nitrogens with one attached hydrogen (secondary N) is 1. The van der Waals surface area contributed by atoms with Gasteiger partial charge >= 0.3 is 0 Å². The number of nitrogens with zero attached hydrogens (tertiary/aromatic N) is 3. The Morgan fingerprint density at radius 3 is 2.84 bits per heavy atom. The fraction of sp³-hybridized carbons (Fsp3) is 0.571. The maximum atomic E-state index is 11.6. The maximum Gasteiger partial charge on any atom is 0.220 e. The summed E-state index contributed by atoms with van der Waals surface area (Å²) >= 11 is 0. The second kappa shape index (κ2) is 5.91. The molecule has 0 spiro atoms. The Bertz CT molecular complexity index is 478. The Morgan fingerprint density at radius 2 is 2.16 bits per heavy atom. The number of aryl methyl sites for hydroxylation is 1. The zero-order chi connectivity index (χ0) is 13.7. The van der Waals surface area contributed by atoms with Crippen molar-refractivity contribution >= 4 is 5.91 Å². The molecule has 1 amide bonds. The van der Waals surface area contributed by atoms with Gasteiger partial charge < -0.3 is 5.32 Å². The molecule has 1 N–H and O–H groups in total. The van der Waals surface area contributed by atoms with Crippen LogP contribution in [-0.2, 0) is 11.2 Å². The third-order valence-electron chi connectivity index (χ3n) is 3.14. The van der Waals surface area contributed by atoms with Crippen LogP contribution < -0.4 is 5.32 Å². The minimum atomic E-state index is -0.189. The molecule has 5 nitrogen and oxygen atoms in total. The Morgan fingerprint density at radius 1 is 1.37 bits per heavy atom. The average molecular weight is 260 g/mol. The number of rotatable bonds is 7. The molecular formula is C14H20N4O. The predicted octanol–water partition coefficient (Wildman–Crippen LogP) is 2.40. The van der Waals surface area contributed by atoms with E-state index in [9.17, 15) is 4.79 Å². The number of aromatic nitrogens is 1. The van der Waals surface area contributed by atoms with Crippen LogP contribution in [0.15, 0.2) is 28.4 Å². The van der Waals surface area contributed by atoms with Crippen molar-refractivity contribution in [1.29, 1.82) is 0 Å². The lowest BCUT2D eigenvalue weighted by Crippen LogP contribution is -2.25. The molecule has 0 atom stereocenters. The molecule has 1 aromatic heterocycles. The van der Waals surface area contributed by atoms with Gasteiger partial charge in [-0.05, 0) is 38.8 Å². The van der Waals surface area contributed by atoms with E-state index in [-0.39, 0.29) is 11.6 Å². The summed E-state index contributed by atoms with van der Waals surface area (Å²) in [7, 11) is 0. The average Bonchev–Trinajstić information content (AvgIpc) is 3.07. The van der Waals surface area contributed by atoms with Gasteiger partial charge in [-0.25, -0.2) is 0 Å². The monoisotopic (exact) mass is 260 g/mol. The molecule has 19 heavy (non-hydrogen) atoms. The number of pyridine rings is 1. The minimum absolute atomic E-state index is 0.0944. The van der Waals surface area contributed by atoms with Crippen LogP contribution in [0.1, 0.15) is 37.6 Å². The molecule has 0 fully saturated rings. The van der Waals surface area contributed by atoms with Gasteiger partial charge in [0.2, 0.25) is 5.91 Å². The minimum Gasteiger partial charge on any atom is -0.356 e. The lowest BCUT2D eigenvalue weighted by molar-refractivity contribution is -0.121. The van der Waals surface area contributed by atoms with Crippen LogP contribution in [0.2, 0.25) is 0 Å². The summed E-state index contributed by atoms with van der Waals surface area (Å²) in [5.41, 5.74) is 1.84. The highest BCUT2D eigenvalue weighted by molar-refractivity contribution is 5.75. The van der Waals surface area contributed by atoms with Crippen LogP contribution in [0, 0.1) is 6.92 Å². The van der Waals surface area contributed by atoms with E-state index >= 15 is 0 Å². The Labute approximate surface area is 113 Å². The third kappa shape index (κ3) is 4.77. The summed E-state index contributed by atoms with van der Waals surface area (Å²) in [5.74, 6) is 0.0944. The molecule has 0 radical (unpaired) electrons. The predicted molar refractivity (Wildman–Crippen MR) is 72.8 cm³/mol. The van der Waals surface area contributed by atoms with Crippen LogP contribution in [0.4, 0.5) is 0 Å². The molecule has 0 bridgehead atoms. The Balaban J connectivity index is 1.58. The van der Waals surface area contributed by atoms with Gasteiger partial charge in [0.15, 0.2) is 5.66 Å². The van der Waals surface area contributed by atoms with Gasteiger partial charge in [0, 0.05) is 30.8 Å². The maximum absolute atomic E-state index is 11.6. The number of hydrogen-bond donors (Lipinski definition) is 1. The van der Waals surface area contributed by atoms with Crippen molar-refractivity contribution in [3.63, 3.8) is 0 Å². The first-order valence-corrected chi connectivity index (χ1v) is 6.71. The molecule has 0 unspecified atom stereocenters. The lowest BCUT2D eigenvalue weighted by atomic mass is 10.1. The van der Waals surface area contributed by atoms with E-state index in [1.165, 1.54) is 0 Å². The number of carbonyl (C=O) groups is 1. The van der Waals surface area contributed by atoms with Crippen molar-refractivity contribution in [2.75, 3.05) is 6.54 Å². The number of amides is 1. The standard InChI is InChI=1S/C14H20N4O/c1-11-5-3-6-12(16-11)8-10-15-13(19)7-4-9-14(2)17-18-14/h3,5-6H,4,7-10H2,1-2H3,(H,15,19). The van der Waals surface area contributed by atoms with Crippen molar-refractivity contribution in [3.05, 3.63) is 29.6 Å². The first-order valence-electron chi connectivity index (χ1n) is 6.71. The smallest absolute Gasteiger partial charge is 0.220 e. The van der Waals surface area contributed by atoms with Gasteiger partial charge in [-0.2, -0.15) is 10.2 Å². The van der Waals surface area contributed by atoms with E-state index in [0.717, 1.165) is 30.7 Å². The van der Waals surface area contributed by atoms with E-state index in [1.807, 2.05) is 32.0 Å². The first kappa shape index (κ1) is 13.6. The lowest BCUT2D eigenvalue weighted by Gasteiger charge is -2.06. The van der Waals surface area contributed by atoms with Gasteiger partial charge in [0.25, 0.3) is 0 Å². The SMILES string of the molecule is Cc1cccc(CCNC(=O)CCCC2(C)N=N2)n1. The molecule has 0 aliphatic carbocycles. The zero-order valence-electron chi connectivity index (χ0n) is 11.5. The van der Waals surface area contributed by atoms with Crippen molar-refractivity contribution in [1.82, 2.24) is 10.3 Å². The number of carbonyl (C=O) groups excluding carboxylic acids is 1. The molecule has 0 saturated heterocycles. The summed E-state index contributed by atoms with van der Waals surface area (Å²) in [5, 5.41) is 10.8. The molecular weight excluding hydrogens is 240 g/mol. The summed E-state index contributed by atoms with van der Waals surface area (Å²) in [6.45, 7) is 4.59. The Hall–Kier alpha value is -1.78. The van der Waals surface area contributed by atoms with E-state index < -0.39 is 0 Å².